The maximum Gasteiger partial charge on any atom is 0.258 e. The molecule has 0 aliphatic carbocycles. The molecule has 0 bridgehead atoms. The van der Waals surface area contributed by atoms with Gasteiger partial charge in [-0.05, 0) is 44.5 Å². The maximum atomic E-state index is 13.7. The van der Waals surface area contributed by atoms with Crippen LogP contribution in [0.5, 0.6) is 0 Å². The number of thiazole rings is 1. The Morgan fingerprint density at radius 1 is 1.12 bits per heavy atom. The number of nitrogens with zero attached hydrogens (tertiary/aromatic N) is 4. The van der Waals surface area contributed by atoms with Gasteiger partial charge in [-0.25, -0.2) is 4.98 Å². The van der Waals surface area contributed by atoms with Crippen LogP contribution in [0.15, 0.2) is 60.0 Å². The number of anilines is 3. The van der Waals surface area contributed by atoms with Gasteiger partial charge in [0.1, 0.15) is 12.2 Å². The molecular weight excluding hydrogens is 424 g/mol. The van der Waals surface area contributed by atoms with Gasteiger partial charge in [-0.15, -0.1) is 11.3 Å². The number of carbonyl (C=O) groups excluding carboxylic acids is 3. The molecule has 1 atom stereocenters. The largest absolute Gasteiger partial charge is 0.306 e. The number of rotatable bonds is 4. The molecule has 2 aromatic carbocycles. The number of aryl methyl sites for hydroxylation is 1. The van der Waals surface area contributed by atoms with E-state index in [0.717, 1.165) is 5.69 Å². The highest BCUT2D eigenvalue weighted by molar-refractivity contribution is 7.14. The molecule has 3 heterocycles. The van der Waals surface area contributed by atoms with Gasteiger partial charge in [0.05, 0.1) is 22.6 Å². The Labute approximate surface area is 189 Å². The number of hydrogen-bond donors (Lipinski definition) is 0. The minimum atomic E-state index is -0.890. The van der Waals surface area contributed by atoms with Crippen LogP contribution >= 0.6 is 11.3 Å². The minimum Gasteiger partial charge on any atom is -0.306 e. The lowest BCUT2D eigenvalue weighted by molar-refractivity contribution is -0.121. The molecule has 162 valence electrons. The number of amides is 3. The summed E-state index contributed by atoms with van der Waals surface area (Å²) in [5.41, 5.74) is 1.66. The van der Waals surface area contributed by atoms with Crippen molar-refractivity contribution in [1.29, 1.82) is 0 Å². The molecule has 1 aromatic heterocycles. The number of fused-ring (bicyclic) bond motifs is 3. The molecule has 2 aliphatic rings. The molecule has 2 aliphatic heterocycles. The van der Waals surface area contributed by atoms with Gasteiger partial charge in [0.25, 0.3) is 11.8 Å². The van der Waals surface area contributed by atoms with Gasteiger partial charge in [-0.3, -0.25) is 24.2 Å². The third-order valence-electron chi connectivity index (χ3n) is 6.10. The number of hydrogen-bond acceptors (Lipinski definition) is 5. The smallest absolute Gasteiger partial charge is 0.258 e. The lowest BCUT2D eigenvalue weighted by atomic mass is 9.98. The van der Waals surface area contributed by atoms with Gasteiger partial charge >= 0.3 is 0 Å². The Morgan fingerprint density at radius 3 is 2.56 bits per heavy atom. The standard InChI is InChI=1S/C24H22N4O3S/c1-16-15-32-23(25-16)27(17-8-4-3-5-9-17)21(30)14-26-22(31)18-10-6-7-11-19(18)28-20(29)12-13-24(26,28)2/h3-11,15H,12-14H2,1-2H3. The molecule has 0 spiro atoms. The Bertz CT molecular complexity index is 1220. The summed E-state index contributed by atoms with van der Waals surface area (Å²) in [7, 11) is 0. The van der Waals surface area contributed by atoms with Crippen LogP contribution in [0, 0.1) is 6.92 Å². The van der Waals surface area contributed by atoms with Crippen molar-refractivity contribution in [3.63, 3.8) is 0 Å². The van der Waals surface area contributed by atoms with E-state index < -0.39 is 5.66 Å². The normalized spacial score (nSPS) is 19.7. The Kier molecular flexibility index (Phi) is 4.82. The van der Waals surface area contributed by atoms with Crippen LogP contribution in [0.25, 0.3) is 0 Å². The Morgan fingerprint density at radius 2 is 1.84 bits per heavy atom. The summed E-state index contributed by atoms with van der Waals surface area (Å²) in [6.45, 7) is 3.57. The summed E-state index contributed by atoms with van der Waals surface area (Å²) in [5.74, 6) is -0.565. The second kappa shape index (κ2) is 7.56. The first-order valence-corrected chi connectivity index (χ1v) is 11.3. The number of carbonyl (C=O) groups is 3. The van der Waals surface area contributed by atoms with Crippen LogP contribution in [-0.2, 0) is 9.59 Å². The lowest BCUT2D eigenvalue weighted by Gasteiger charge is -2.48. The van der Waals surface area contributed by atoms with Crippen molar-refractivity contribution in [3.05, 3.63) is 71.2 Å². The number of para-hydroxylation sites is 2. The van der Waals surface area contributed by atoms with Crippen molar-refractivity contribution in [1.82, 2.24) is 9.88 Å². The molecule has 3 amide bonds. The highest BCUT2D eigenvalue weighted by Crippen LogP contribution is 2.44. The summed E-state index contributed by atoms with van der Waals surface area (Å²) in [6, 6.07) is 16.4. The monoisotopic (exact) mass is 446 g/mol. The molecule has 0 N–H and O–H groups in total. The molecule has 5 rings (SSSR count). The summed E-state index contributed by atoms with van der Waals surface area (Å²) in [6.07, 6.45) is 0.803. The SMILES string of the molecule is Cc1csc(N(C(=O)CN2C(=O)c3ccccc3N3C(=O)CCC23C)c2ccccc2)n1. The molecule has 1 fully saturated rings. The van der Waals surface area contributed by atoms with Crippen LogP contribution < -0.4 is 9.80 Å². The second-order valence-electron chi connectivity index (χ2n) is 8.19. The first-order valence-electron chi connectivity index (χ1n) is 10.4. The first kappa shape index (κ1) is 20.4. The molecule has 0 radical (unpaired) electrons. The molecule has 1 unspecified atom stereocenters. The summed E-state index contributed by atoms with van der Waals surface area (Å²) in [5, 5.41) is 2.44. The van der Waals surface area contributed by atoms with Crippen molar-refractivity contribution in [3.8, 4) is 0 Å². The third-order valence-corrected chi connectivity index (χ3v) is 7.04. The highest BCUT2D eigenvalue weighted by atomic mass is 32.1. The van der Waals surface area contributed by atoms with E-state index in [1.165, 1.54) is 11.3 Å². The second-order valence-corrected chi connectivity index (χ2v) is 9.03. The van der Waals surface area contributed by atoms with Gasteiger partial charge in [-0.2, -0.15) is 0 Å². The number of benzene rings is 2. The average Bonchev–Trinajstić information content (AvgIpc) is 3.35. The van der Waals surface area contributed by atoms with E-state index in [9.17, 15) is 14.4 Å². The van der Waals surface area contributed by atoms with E-state index in [-0.39, 0.29) is 24.3 Å². The van der Waals surface area contributed by atoms with Crippen molar-refractivity contribution >= 4 is 45.6 Å². The molecule has 0 saturated carbocycles. The Balaban J connectivity index is 1.55. The highest BCUT2D eigenvalue weighted by Gasteiger charge is 2.53. The van der Waals surface area contributed by atoms with Crippen LogP contribution in [-0.4, -0.2) is 39.8 Å². The van der Waals surface area contributed by atoms with Gasteiger partial charge in [-0.1, -0.05) is 30.3 Å². The fourth-order valence-electron chi connectivity index (χ4n) is 4.53. The van der Waals surface area contributed by atoms with E-state index in [0.29, 0.717) is 34.9 Å². The van der Waals surface area contributed by atoms with Crippen LogP contribution in [0.4, 0.5) is 16.5 Å². The fraction of sp³-hybridized carbons (Fsp3) is 0.250. The van der Waals surface area contributed by atoms with Crippen molar-refractivity contribution in [2.75, 3.05) is 16.3 Å². The van der Waals surface area contributed by atoms with Crippen LogP contribution in [0.3, 0.4) is 0 Å². The van der Waals surface area contributed by atoms with Gasteiger partial charge in [0.15, 0.2) is 5.13 Å². The van der Waals surface area contributed by atoms with E-state index in [2.05, 4.69) is 4.98 Å². The van der Waals surface area contributed by atoms with E-state index >= 15 is 0 Å². The van der Waals surface area contributed by atoms with E-state index in [4.69, 9.17) is 0 Å². The van der Waals surface area contributed by atoms with Gasteiger partial charge in [0.2, 0.25) is 5.91 Å². The van der Waals surface area contributed by atoms with E-state index in [1.807, 2.05) is 55.6 Å². The Hall–Kier alpha value is -3.52. The van der Waals surface area contributed by atoms with Crippen LogP contribution in [0.1, 0.15) is 35.8 Å². The molecule has 1 saturated heterocycles. The molecule has 3 aromatic rings. The van der Waals surface area contributed by atoms with Crippen molar-refractivity contribution < 1.29 is 14.4 Å². The van der Waals surface area contributed by atoms with Crippen LogP contribution in [0.2, 0.25) is 0 Å². The third kappa shape index (κ3) is 3.10. The van der Waals surface area contributed by atoms with Gasteiger partial charge < -0.3 is 4.90 Å². The zero-order valence-corrected chi connectivity index (χ0v) is 18.6. The predicted octanol–water partition coefficient (Wildman–Crippen LogP) is 4.12. The van der Waals surface area contributed by atoms with Gasteiger partial charge in [0, 0.05) is 11.8 Å². The fourth-order valence-corrected chi connectivity index (χ4v) is 5.37. The maximum absolute atomic E-state index is 13.7. The zero-order chi connectivity index (χ0) is 22.5. The molecular formula is C24H22N4O3S. The van der Waals surface area contributed by atoms with Crippen molar-refractivity contribution in [2.45, 2.75) is 32.4 Å². The first-order chi connectivity index (χ1) is 15.4. The summed E-state index contributed by atoms with van der Waals surface area (Å²) in [4.78, 5) is 49.3. The zero-order valence-electron chi connectivity index (χ0n) is 17.8. The quantitative estimate of drug-likeness (QED) is 0.604. The average molecular weight is 447 g/mol. The lowest BCUT2D eigenvalue weighted by Crippen LogP contribution is -2.63. The number of aromatic nitrogens is 1. The minimum absolute atomic E-state index is 0.0413. The summed E-state index contributed by atoms with van der Waals surface area (Å²) < 4.78 is 0. The van der Waals surface area contributed by atoms with Crippen molar-refractivity contribution in [2.24, 2.45) is 0 Å². The molecule has 8 heteroatoms. The van der Waals surface area contributed by atoms with E-state index in [1.54, 1.807) is 32.9 Å². The molecule has 32 heavy (non-hydrogen) atoms. The molecule has 7 nitrogen and oxygen atoms in total. The topological polar surface area (TPSA) is 73.8 Å². The predicted molar refractivity (Wildman–Crippen MR) is 123 cm³/mol. The summed E-state index contributed by atoms with van der Waals surface area (Å²) >= 11 is 1.38.